The van der Waals surface area contributed by atoms with Crippen molar-refractivity contribution < 1.29 is 14.3 Å². The van der Waals surface area contributed by atoms with Crippen molar-refractivity contribution in [2.75, 3.05) is 6.61 Å². The lowest BCUT2D eigenvalue weighted by atomic mass is 10.1. The second-order valence-electron chi connectivity index (χ2n) is 4.30. The van der Waals surface area contributed by atoms with Crippen molar-refractivity contribution in [1.82, 2.24) is 9.38 Å². The van der Waals surface area contributed by atoms with Crippen LogP contribution in [0.1, 0.15) is 41.6 Å². The fourth-order valence-electron chi connectivity index (χ4n) is 2.24. The van der Waals surface area contributed by atoms with Crippen molar-refractivity contribution in [3.05, 3.63) is 35.3 Å². The number of ether oxygens (including phenoxy) is 2. The molecule has 2 aromatic heterocycles. The minimum Gasteiger partial charge on any atom is -0.461 e. The van der Waals surface area contributed by atoms with Gasteiger partial charge in [-0.1, -0.05) is 0 Å². The Kier molecular flexibility index (Phi) is 2.56. The molecule has 0 amide bonds. The highest BCUT2D eigenvalue weighted by Crippen LogP contribution is 2.31. The Bertz CT molecular complexity index is 618. The second-order valence-corrected chi connectivity index (χ2v) is 4.30. The van der Waals surface area contributed by atoms with E-state index in [0.29, 0.717) is 18.9 Å². The number of hydrogen-bond donors (Lipinski definition) is 0. The van der Waals surface area contributed by atoms with Crippen LogP contribution in [0.2, 0.25) is 0 Å². The van der Waals surface area contributed by atoms with E-state index in [-0.39, 0.29) is 12.1 Å². The highest BCUT2D eigenvalue weighted by Gasteiger charge is 2.22. The molecule has 3 heterocycles. The van der Waals surface area contributed by atoms with Crippen LogP contribution in [-0.4, -0.2) is 22.0 Å². The van der Waals surface area contributed by atoms with E-state index in [2.05, 4.69) is 4.98 Å². The Hall–Kier alpha value is -1.88. The molecule has 1 aliphatic rings. The van der Waals surface area contributed by atoms with E-state index < -0.39 is 0 Å². The van der Waals surface area contributed by atoms with Crippen LogP contribution in [0.5, 0.6) is 0 Å². The molecule has 2 aromatic rings. The maximum atomic E-state index is 11.8. The molecule has 0 radical (unpaired) electrons. The van der Waals surface area contributed by atoms with Gasteiger partial charge in [0.25, 0.3) is 0 Å². The van der Waals surface area contributed by atoms with Crippen molar-refractivity contribution in [2.45, 2.75) is 26.6 Å². The van der Waals surface area contributed by atoms with E-state index in [1.165, 1.54) is 0 Å². The monoisotopic (exact) mass is 246 g/mol. The number of pyridine rings is 1. The topological polar surface area (TPSA) is 52.8 Å². The standard InChI is InChI=1S/C13H14N2O3/c1-3-17-13(16)11-5-14-12-4-10-8(2)18-7-9(10)6-15(11)12/h4-6,8H,3,7H2,1-2H3. The van der Waals surface area contributed by atoms with E-state index in [4.69, 9.17) is 9.47 Å². The van der Waals surface area contributed by atoms with Crippen molar-refractivity contribution in [2.24, 2.45) is 0 Å². The maximum absolute atomic E-state index is 11.8. The largest absolute Gasteiger partial charge is 0.461 e. The molecule has 0 N–H and O–H groups in total. The molecule has 0 spiro atoms. The van der Waals surface area contributed by atoms with Gasteiger partial charge in [-0.2, -0.15) is 0 Å². The second kappa shape index (κ2) is 4.10. The summed E-state index contributed by atoms with van der Waals surface area (Å²) in [7, 11) is 0. The molecule has 0 aromatic carbocycles. The molecule has 0 saturated carbocycles. The van der Waals surface area contributed by atoms with Crippen LogP contribution in [0.25, 0.3) is 5.65 Å². The van der Waals surface area contributed by atoms with Gasteiger partial charge < -0.3 is 9.47 Å². The number of carbonyl (C=O) groups excluding carboxylic acids is 1. The predicted octanol–water partition coefficient (Wildman–Crippen LogP) is 2.10. The van der Waals surface area contributed by atoms with Crippen molar-refractivity contribution in [1.29, 1.82) is 0 Å². The molecule has 94 valence electrons. The third-order valence-electron chi connectivity index (χ3n) is 3.18. The maximum Gasteiger partial charge on any atom is 0.356 e. The average Bonchev–Trinajstić information content (AvgIpc) is 2.92. The molecule has 1 aliphatic heterocycles. The molecule has 18 heavy (non-hydrogen) atoms. The van der Waals surface area contributed by atoms with E-state index >= 15 is 0 Å². The summed E-state index contributed by atoms with van der Waals surface area (Å²) in [6, 6.07) is 1.97. The highest BCUT2D eigenvalue weighted by molar-refractivity contribution is 5.88. The third-order valence-corrected chi connectivity index (χ3v) is 3.18. The average molecular weight is 246 g/mol. The number of rotatable bonds is 2. The van der Waals surface area contributed by atoms with Gasteiger partial charge in [0.1, 0.15) is 5.65 Å². The Balaban J connectivity index is 2.12. The first-order valence-electron chi connectivity index (χ1n) is 5.99. The van der Waals surface area contributed by atoms with Gasteiger partial charge in [-0.15, -0.1) is 0 Å². The minimum atomic E-state index is -0.350. The zero-order chi connectivity index (χ0) is 12.7. The summed E-state index contributed by atoms with van der Waals surface area (Å²) in [4.78, 5) is 16.0. The Morgan fingerprint density at radius 1 is 1.67 bits per heavy atom. The zero-order valence-electron chi connectivity index (χ0n) is 10.3. The van der Waals surface area contributed by atoms with Crippen molar-refractivity contribution in [3.63, 3.8) is 0 Å². The van der Waals surface area contributed by atoms with E-state index in [9.17, 15) is 4.79 Å². The quantitative estimate of drug-likeness (QED) is 0.761. The number of fused-ring (bicyclic) bond motifs is 2. The van der Waals surface area contributed by atoms with Gasteiger partial charge in [-0.25, -0.2) is 9.78 Å². The van der Waals surface area contributed by atoms with Crippen LogP contribution in [0.4, 0.5) is 0 Å². The van der Waals surface area contributed by atoms with Crippen LogP contribution in [0.15, 0.2) is 18.5 Å². The van der Waals surface area contributed by atoms with Crippen LogP contribution >= 0.6 is 0 Å². The summed E-state index contributed by atoms with van der Waals surface area (Å²) in [5.74, 6) is -0.350. The van der Waals surface area contributed by atoms with E-state index in [1.54, 1.807) is 17.5 Å². The van der Waals surface area contributed by atoms with E-state index in [1.807, 2.05) is 19.2 Å². The third kappa shape index (κ3) is 1.59. The summed E-state index contributed by atoms with van der Waals surface area (Å²) in [6.45, 7) is 4.73. The van der Waals surface area contributed by atoms with Gasteiger partial charge in [0.05, 0.1) is 25.5 Å². The number of nitrogens with zero attached hydrogens (tertiary/aromatic N) is 2. The fourth-order valence-corrected chi connectivity index (χ4v) is 2.24. The van der Waals surface area contributed by atoms with Gasteiger partial charge >= 0.3 is 5.97 Å². The summed E-state index contributed by atoms with van der Waals surface area (Å²) >= 11 is 0. The molecule has 3 rings (SSSR count). The van der Waals surface area contributed by atoms with Gasteiger partial charge in [0.15, 0.2) is 5.69 Å². The number of aromatic nitrogens is 2. The summed E-state index contributed by atoms with van der Waals surface area (Å²) in [6.07, 6.45) is 3.55. The van der Waals surface area contributed by atoms with Crippen LogP contribution in [0, 0.1) is 0 Å². The lowest BCUT2D eigenvalue weighted by Gasteiger charge is -2.05. The summed E-state index contributed by atoms with van der Waals surface area (Å²) < 4.78 is 12.3. The molecular weight excluding hydrogens is 232 g/mol. The van der Waals surface area contributed by atoms with Gasteiger partial charge in [0.2, 0.25) is 0 Å². The molecular formula is C13H14N2O3. The number of esters is 1. The fraction of sp³-hybridized carbons (Fsp3) is 0.385. The first-order chi connectivity index (χ1) is 8.70. The van der Waals surface area contributed by atoms with Crippen LogP contribution < -0.4 is 0 Å². The molecule has 0 fully saturated rings. The van der Waals surface area contributed by atoms with Gasteiger partial charge in [-0.05, 0) is 25.5 Å². The van der Waals surface area contributed by atoms with Crippen molar-refractivity contribution in [3.8, 4) is 0 Å². The van der Waals surface area contributed by atoms with Crippen molar-refractivity contribution >= 4 is 11.6 Å². The molecule has 0 aliphatic carbocycles. The molecule has 1 atom stereocenters. The lowest BCUT2D eigenvalue weighted by molar-refractivity contribution is 0.0518. The van der Waals surface area contributed by atoms with Crippen LogP contribution in [-0.2, 0) is 16.1 Å². The Morgan fingerprint density at radius 2 is 2.50 bits per heavy atom. The Morgan fingerprint density at radius 3 is 3.28 bits per heavy atom. The van der Waals surface area contributed by atoms with Gasteiger partial charge in [-0.3, -0.25) is 4.40 Å². The summed E-state index contributed by atoms with van der Waals surface area (Å²) in [5, 5.41) is 0. The summed E-state index contributed by atoms with van der Waals surface area (Å²) in [5.41, 5.74) is 3.44. The predicted molar refractivity (Wildman–Crippen MR) is 64.4 cm³/mol. The highest BCUT2D eigenvalue weighted by atomic mass is 16.5. The molecule has 5 heteroatoms. The Labute approximate surface area is 104 Å². The van der Waals surface area contributed by atoms with Crippen LogP contribution in [0.3, 0.4) is 0 Å². The zero-order valence-corrected chi connectivity index (χ0v) is 10.3. The SMILES string of the molecule is CCOC(=O)c1cnc2cc3c(cn12)COC3C. The molecule has 0 bridgehead atoms. The molecule has 0 saturated heterocycles. The van der Waals surface area contributed by atoms with E-state index in [0.717, 1.165) is 16.8 Å². The smallest absolute Gasteiger partial charge is 0.356 e. The number of hydrogen-bond acceptors (Lipinski definition) is 4. The molecule has 1 unspecified atom stereocenters. The first kappa shape index (κ1) is 11.2. The first-order valence-corrected chi connectivity index (χ1v) is 5.99. The number of carbonyl (C=O) groups is 1. The lowest BCUT2D eigenvalue weighted by Crippen LogP contribution is -2.08. The number of imidazole rings is 1. The minimum absolute atomic E-state index is 0.0905. The molecule has 5 nitrogen and oxygen atoms in total. The van der Waals surface area contributed by atoms with Gasteiger partial charge in [0, 0.05) is 11.8 Å². The normalized spacial score (nSPS) is 18.0.